The third-order valence-electron chi connectivity index (χ3n) is 4.08. The molecule has 3 rings (SSSR count). The van der Waals surface area contributed by atoms with Crippen LogP contribution in [0.1, 0.15) is 11.4 Å². The molecule has 0 aliphatic carbocycles. The number of ether oxygens (including phenoxy) is 1. The lowest BCUT2D eigenvalue weighted by Crippen LogP contribution is -2.18. The number of hydrogen-bond donors (Lipinski definition) is 3. The number of rotatable bonds is 8. The number of nitrogens with one attached hydrogen (secondary N) is 2. The van der Waals surface area contributed by atoms with E-state index in [-0.39, 0.29) is 11.7 Å². The van der Waals surface area contributed by atoms with E-state index in [0.29, 0.717) is 23.2 Å². The van der Waals surface area contributed by atoms with Crippen LogP contribution < -0.4 is 21.2 Å². The summed E-state index contributed by atoms with van der Waals surface area (Å²) in [7, 11) is 1.61. The maximum Gasteiger partial charge on any atom is 0.234 e. The maximum atomic E-state index is 13.3. The Morgan fingerprint density at radius 3 is 2.72 bits per heavy atom. The highest BCUT2D eigenvalue weighted by Crippen LogP contribution is 2.19. The molecule has 4 N–H and O–H groups in total. The van der Waals surface area contributed by atoms with Crippen molar-refractivity contribution >= 4 is 29.0 Å². The predicted molar refractivity (Wildman–Crippen MR) is 111 cm³/mol. The normalized spacial score (nSPS) is 10.6. The van der Waals surface area contributed by atoms with Crippen LogP contribution in [0, 0.1) is 12.7 Å². The Labute approximate surface area is 171 Å². The Morgan fingerprint density at radius 2 is 2.00 bits per heavy atom. The number of aromatic nitrogens is 3. The first-order valence-corrected chi connectivity index (χ1v) is 9.71. The molecule has 10 heteroatoms. The average molecular weight is 416 g/mol. The molecule has 2 aromatic carbocycles. The number of halogens is 1. The second kappa shape index (κ2) is 9.28. The molecule has 3 aromatic rings. The van der Waals surface area contributed by atoms with Crippen molar-refractivity contribution in [2.45, 2.75) is 18.6 Å². The summed E-state index contributed by atoms with van der Waals surface area (Å²) in [6.07, 6.45) is 0. The van der Waals surface area contributed by atoms with Crippen molar-refractivity contribution in [1.29, 1.82) is 0 Å². The largest absolute Gasteiger partial charge is 0.497 e. The molecule has 0 saturated heterocycles. The summed E-state index contributed by atoms with van der Waals surface area (Å²) in [5.41, 5.74) is 2.10. The third-order valence-corrected chi connectivity index (χ3v) is 5.02. The van der Waals surface area contributed by atoms with E-state index in [1.165, 1.54) is 16.8 Å². The smallest absolute Gasteiger partial charge is 0.234 e. The number of benzene rings is 2. The van der Waals surface area contributed by atoms with Crippen LogP contribution in [0.2, 0.25) is 0 Å². The molecule has 29 heavy (non-hydrogen) atoms. The molecule has 1 heterocycles. The highest BCUT2D eigenvalue weighted by molar-refractivity contribution is 7.99. The summed E-state index contributed by atoms with van der Waals surface area (Å²) >= 11 is 1.15. The minimum atomic E-state index is -0.408. The number of carbonyl (C=O) groups excluding carboxylic acids is 1. The highest BCUT2D eigenvalue weighted by Gasteiger charge is 2.13. The molecule has 0 radical (unpaired) electrons. The van der Waals surface area contributed by atoms with Gasteiger partial charge in [0.15, 0.2) is 5.82 Å². The average Bonchev–Trinajstić information content (AvgIpc) is 3.07. The summed E-state index contributed by atoms with van der Waals surface area (Å²) in [4.78, 5) is 12.2. The zero-order valence-corrected chi connectivity index (χ0v) is 16.8. The lowest BCUT2D eigenvalue weighted by Gasteiger charge is -2.09. The molecule has 0 spiro atoms. The van der Waals surface area contributed by atoms with Gasteiger partial charge in [-0.15, -0.1) is 10.2 Å². The van der Waals surface area contributed by atoms with E-state index in [9.17, 15) is 9.18 Å². The van der Waals surface area contributed by atoms with Gasteiger partial charge < -0.3 is 21.2 Å². The summed E-state index contributed by atoms with van der Waals surface area (Å²) in [6, 6.07) is 11.7. The minimum Gasteiger partial charge on any atom is -0.497 e. The number of aryl methyl sites for hydroxylation is 1. The van der Waals surface area contributed by atoms with E-state index >= 15 is 0 Å². The molecule has 0 aliphatic rings. The molecule has 1 amide bonds. The fourth-order valence-electron chi connectivity index (χ4n) is 2.46. The van der Waals surface area contributed by atoms with Crippen LogP contribution in [0.3, 0.4) is 0 Å². The highest BCUT2D eigenvalue weighted by atomic mass is 32.2. The van der Waals surface area contributed by atoms with E-state index in [0.717, 1.165) is 28.8 Å². The second-order valence-corrected chi connectivity index (χ2v) is 7.09. The zero-order valence-electron chi connectivity index (χ0n) is 16.0. The van der Waals surface area contributed by atoms with Crippen molar-refractivity contribution in [1.82, 2.24) is 14.9 Å². The quantitative estimate of drug-likeness (QED) is 0.383. The molecule has 0 bridgehead atoms. The van der Waals surface area contributed by atoms with Gasteiger partial charge in [0.05, 0.1) is 19.4 Å². The molecule has 0 unspecified atom stereocenters. The topological polar surface area (TPSA) is 107 Å². The number of nitrogen functional groups attached to an aromatic ring is 1. The van der Waals surface area contributed by atoms with Crippen molar-refractivity contribution in [2.24, 2.45) is 0 Å². The van der Waals surface area contributed by atoms with E-state index in [1.54, 1.807) is 20.1 Å². The van der Waals surface area contributed by atoms with E-state index in [4.69, 9.17) is 10.6 Å². The van der Waals surface area contributed by atoms with Gasteiger partial charge in [-0.05, 0) is 48.9 Å². The lowest BCUT2D eigenvalue weighted by molar-refractivity contribution is -0.113. The molecule has 0 atom stereocenters. The SMILES string of the molecule is COc1ccc(NCc2nnc(SCC(=O)Nc3cc(F)ccc3C)n2N)cc1. The zero-order chi connectivity index (χ0) is 20.8. The summed E-state index contributed by atoms with van der Waals surface area (Å²) in [6.45, 7) is 2.16. The van der Waals surface area contributed by atoms with Crippen LogP contribution in [0.4, 0.5) is 15.8 Å². The number of carbonyl (C=O) groups is 1. The Morgan fingerprint density at radius 1 is 1.24 bits per heavy atom. The molecule has 152 valence electrons. The maximum absolute atomic E-state index is 13.3. The van der Waals surface area contributed by atoms with Gasteiger partial charge in [-0.1, -0.05) is 17.8 Å². The first kappa shape index (κ1) is 20.5. The Bertz CT molecular complexity index is 993. The van der Waals surface area contributed by atoms with Gasteiger partial charge in [0, 0.05) is 11.4 Å². The molecular formula is C19H21FN6O2S. The van der Waals surface area contributed by atoms with Crippen molar-refractivity contribution in [3.63, 3.8) is 0 Å². The molecule has 0 saturated carbocycles. The Balaban J connectivity index is 1.53. The van der Waals surface area contributed by atoms with Gasteiger partial charge in [-0.3, -0.25) is 4.79 Å². The van der Waals surface area contributed by atoms with Gasteiger partial charge in [0.1, 0.15) is 11.6 Å². The number of methoxy groups -OCH3 is 1. The van der Waals surface area contributed by atoms with Crippen molar-refractivity contribution < 1.29 is 13.9 Å². The van der Waals surface area contributed by atoms with Crippen molar-refractivity contribution in [2.75, 3.05) is 29.3 Å². The van der Waals surface area contributed by atoms with Gasteiger partial charge in [-0.25, -0.2) is 9.07 Å². The second-order valence-electron chi connectivity index (χ2n) is 6.15. The van der Waals surface area contributed by atoms with Gasteiger partial charge in [0.25, 0.3) is 0 Å². The molecular weight excluding hydrogens is 395 g/mol. The third kappa shape index (κ3) is 5.38. The van der Waals surface area contributed by atoms with E-state index in [2.05, 4.69) is 20.8 Å². The lowest BCUT2D eigenvalue weighted by atomic mass is 10.2. The minimum absolute atomic E-state index is 0.0667. The predicted octanol–water partition coefficient (Wildman–Crippen LogP) is 2.79. The number of hydrogen-bond acceptors (Lipinski definition) is 7. The van der Waals surface area contributed by atoms with E-state index in [1.807, 2.05) is 24.3 Å². The van der Waals surface area contributed by atoms with Crippen LogP contribution in [-0.2, 0) is 11.3 Å². The van der Waals surface area contributed by atoms with Crippen LogP contribution in [-0.4, -0.2) is 33.6 Å². The number of amides is 1. The molecule has 0 aliphatic heterocycles. The molecule has 8 nitrogen and oxygen atoms in total. The van der Waals surface area contributed by atoms with Gasteiger partial charge in [-0.2, -0.15) is 0 Å². The Hall–Kier alpha value is -3.27. The Kier molecular flexibility index (Phi) is 6.55. The fraction of sp³-hybridized carbons (Fsp3) is 0.211. The van der Waals surface area contributed by atoms with Crippen LogP contribution >= 0.6 is 11.8 Å². The van der Waals surface area contributed by atoms with Crippen LogP contribution in [0.25, 0.3) is 0 Å². The first-order chi connectivity index (χ1) is 14.0. The monoisotopic (exact) mass is 416 g/mol. The van der Waals surface area contributed by atoms with E-state index < -0.39 is 5.82 Å². The summed E-state index contributed by atoms with van der Waals surface area (Å²) in [5, 5.41) is 14.3. The number of nitrogens with two attached hydrogens (primary N) is 1. The summed E-state index contributed by atoms with van der Waals surface area (Å²) in [5.74, 6) is 6.68. The van der Waals surface area contributed by atoms with Gasteiger partial charge in [0.2, 0.25) is 11.1 Å². The number of thioether (sulfide) groups is 1. The number of nitrogens with zero attached hydrogens (tertiary/aromatic N) is 3. The first-order valence-electron chi connectivity index (χ1n) is 8.72. The van der Waals surface area contributed by atoms with Crippen LogP contribution in [0.15, 0.2) is 47.6 Å². The molecule has 0 fully saturated rings. The van der Waals surface area contributed by atoms with Crippen LogP contribution in [0.5, 0.6) is 5.75 Å². The van der Waals surface area contributed by atoms with Gasteiger partial charge >= 0.3 is 0 Å². The van der Waals surface area contributed by atoms with Crippen molar-refractivity contribution in [3.8, 4) is 5.75 Å². The fourth-order valence-corrected chi connectivity index (χ4v) is 3.14. The molecule has 1 aromatic heterocycles. The van der Waals surface area contributed by atoms with Crippen molar-refractivity contribution in [3.05, 3.63) is 59.7 Å². The standard InChI is InChI=1S/C19H21FN6O2S/c1-12-3-4-13(20)9-16(12)23-18(27)11-29-19-25-24-17(26(19)21)10-22-14-5-7-15(28-2)8-6-14/h3-9,22H,10-11,21H2,1-2H3,(H,23,27). The summed E-state index contributed by atoms with van der Waals surface area (Å²) < 4.78 is 19.8. The number of anilines is 2.